The zero-order valence-electron chi connectivity index (χ0n) is 6.93. The maximum Gasteiger partial charge on any atom is 0.224 e. The van der Waals surface area contributed by atoms with Gasteiger partial charge in [-0.15, -0.1) is 0 Å². The number of anilines is 2. The van der Waals surface area contributed by atoms with Gasteiger partial charge in [-0.3, -0.25) is 4.79 Å². The van der Waals surface area contributed by atoms with E-state index in [9.17, 15) is 4.79 Å². The van der Waals surface area contributed by atoms with Crippen molar-refractivity contribution >= 4 is 28.9 Å². The van der Waals surface area contributed by atoms with Crippen LogP contribution < -0.4 is 11.1 Å². The Labute approximate surface area is 80.9 Å². The van der Waals surface area contributed by atoms with E-state index >= 15 is 0 Å². The Morgan fingerprint density at radius 2 is 2.15 bits per heavy atom. The molecule has 3 nitrogen and oxygen atoms in total. The summed E-state index contributed by atoms with van der Waals surface area (Å²) in [6.45, 7) is 0. The molecule has 0 radical (unpaired) electrons. The van der Waals surface area contributed by atoms with Crippen molar-refractivity contribution in [3.8, 4) is 0 Å². The topological polar surface area (TPSA) is 55.1 Å². The molecule has 1 aromatic carbocycles. The third kappa shape index (κ3) is 1.47. The summed E-state index contributed by atoms with van der Waals surface area (Å²) in [5.41, 5.74) is 7.95. The molecule has 0 fully saturated rings. The first kappa shape index (κ1) is 8.38. The predicted octanol–water partition coefficient (Wildman–Crippen LogP) is 1.81. The third-order valence-electron chi connectivity index (χ3n) is 2.12. The van der Waals surface area contributed by atoms with E-state index in [-0.39, 0.29) is 5.91 Å². The van der Waals surface area contributed by atoms with Crippen LogP contribution in [0.4, 0.5) is 11.4 Å². The Balaban J connectivity index is 2.49. The molecule has 0 aliphatic carbocycles. The van der Waals surface area contributed by atoms with E-state index in [0.29, 0.717) is 17.1 Å². The van der Waals surface area contributed by atoms with E-state index in [4.69, 9.17) is 17.3 Å². The number of carbonyl (C=O) groups is 1. The van der Waals surface area contributed by atoms with Gasteiger partial charge in [0.15, 0.2) is 0 Å². The van der Waals surface area contributed by atoms with Crippen LogP contribution in [-0.4, -0.2) is 5.91 Å². The fourth-order valence-electron chi connectivity index (χ4n) is 1.42. The van der Waals surface area contributed by atoms with E-state index in [1.807, 2.05) is 6.07 Å². The summed E-state index contributed by atoms with van der Waals surface area (Å²) in [6, 6.07) is 3.51. The van der Waals surface area contributed by atoms with Crippen LogP contribution in [0.5, 0.6) is 0 Å². The highest BCUT2D eigenvalue weighted by atomic mass is 35.5. The Kier molecular flexibility index (Phi) is 1.88. The Hall–Kier alpha value is -1.22. The first-order valence-corrected chi connectivity index (χ1v) is 4.42. The SMILES string of the molecule is Nc1cc2c(cc1Cl)CCC(=O)N2. The van der Waals surface area contributed by atoms with Crippen molar-refractivity contribution < 1.29 is 4.79 Å². The zero-order chi connectivity index (χ0) is 9.42. The van der Waals surface area contributed by atoms with Gasteiger partial charge in [0, 0.05) is 12.1 Å². The van der Waals surface area contributed by atoms with Crippen LogP contribution in [0.1, 0.15) is 12.0 Å². The Morgan fingerprint density at radius 3 is 2.92 bits per heavy atom. The smallest absolute Gasteiger partial charge is 0.224 e. The van der Waals surface area contributed by atoms with Gasteiger partial charge in [0.2, 0.25) is 5.91 Å². The van der Waals surface area contributed by atoms with Crippen molar-refractivity contribution in [2.75, 3.05) is 11.1 Å². The molecule has 3 N–H and O–H groups in total. The molecule has 1 amide bonds. The molecule has 13 heavy (non-hydrogen) atoms. The molecule has 0 unspecified atom stereocenters. The highest BCUT2D eigenvalue weighted by Crippen LogP contribution is 2.30. The minimum Gasteiger partial charge on any atom is -0.397 e. The number of hydrogen-bond acceptors (Lipinski definition) is 2. The molecular weight excluding hydrogens is 188 g/mol. The zero-order valence-corrected chi connectivity index (χ0v) is 7.69. The van der Waals surface area contributed by atoms with Gasteiger partial charge in [-0.05, 0) is 24.1 Å². The first-order chi connectivity index (χ1) is 6.16. The quantitative estimate of drug-likeness (QED) is 0.622. The molecule has 0 spiro atoms. The first-order valence-electron chi connectivity index (χ1n) is 4.04. The summed E-state index contributed by atoms with van der Waals surface area (Å²) in [7, 11) is 0. The molecule has 0 aromatic heterocycles. The average Bonchev–Trinajstić information content (AvgIpc) is 2.08. The summed E-state index contributed by atoms with van der Waals surface area (Å²) >= 11 is 5.84. The van der Waals surface area contributed by atoms with Gasteiger partial charge >= 0.3 is 0 Å². The number of aryl methyl sites for hydroxylation is 1. The molecule has 4 heteroatoms. The van der Waals surface area contributed by atoms with Gasteiger partial charge < -0.3 is 11.1 Å². The van der Waals surface area contributed by atoms with Gasteiger partial charge in [0.25, 0.3) is 0 Å². The Bertz CT molecular complexity index is 376. The number of nitrogen functional groups attached to an aromatic ring is 1. The monoisotopic (exact) mass is 196 g/mol. The standard InChI is InChI=1S/C9H9ClN2O/c10-6-3-5-1-2-9(13)12-8(5)4-7(6)11/h3-4H,1-2,11H2,(H,12,13). The van der Waals surface area contributed by atoms with Gasteiger partial charge in [-0.2, -0.15) is 0 Å². The summed E-state index contributed by atoms with van der Waals surface area (Å²) in [4.78, 5) is 11.0. The van der Waals surface area contributed by atoms with Gasteiger partial charge in [0.05, 0.1) is 10.7 Å². The molecule has 0 saturated carbocycles. The second-order valence-electron chi connectivity index (χ2n) is 3.08. The lowest BCUT2D eigenvalue weighted by molar-refractivity contribution is -0.116. The van der Waals surface area contributed by atoms with Crippen molar-refractivity contribution in [3.05, 3.63) is 22.7 Å². The minimum atomic E-state index is 0.0363. The molecule has 1 heterocycles. The minimum absolute atomic E-state index is 0.0363. The maximum absolute atomic E-state index is 11.0. The number of benzene rings is 1. The lowest BCUT2D eigenvalue weighted by atomic mass is 10.0. The van der Waals surface area contributed by atoms with Gasteiger partial charge in [-0.1, -0.05) is 11.6 Å². The van der Waals surface area contributed by atoms with Gasteiger partial charge in [-0.25, -0.2) is 0 Å². The molecule has 1 aromatic rings. The molecule has 0 atom stereocenters. The van der Waals surface area contributed by atoms with Crippen molar-refractivity contribution in [3.63, 3.8) is 0 Å². The second-order valence-corrected chi connectivity index (χ2v) is 3.49. The normalized spacial score (nSPS) is 15.0. The summed E-state index contributed by atoms with van der Waals surface area (Å²) in [5.74, 6) is 0.0363. The number of rotatable bonds is 0. The van der Waals surface area contributed by atoms with Gasteiger partial charge in [0.1, 0.15) is 0 Å². The number of nitrogens with one attached hydrogen (secondary N) is 1. The van der Waals surface area contributed by atoms with Crippen molar-refractivity contribution in [1.82, 2.24) is 0 Å². The number of hydrogen-bond donors (Lipinski definition) is 2. The summed E-state index contributed by atoms with van der Waals surface area (Å²) < 4.78 is 0. The molecule has 1 aliphatic heterocycles. The van der Waals surface area contributed by atoms with E-state index in [0.717, 1.165) is 17.7 Å². The molecule has 68 valence electrons. The van der Waals surface area contributed by atoms with E-state index < -0.39 is 0 Å². The molecule has 0 bridgehead atoms. The van der Waals surface area contributed by atoms with Crippen LogP contribution >= 0.6 is 11.6 Å². The number of carbonyl (C=O) groups excluding carboxylic acids is 1. The average molecular weight is 197 g/mol. The van der Waals surface area contributed by atoms with Crippen LogP contribution in [0.2, 0.25) is 5.02 Å². The van der Waals surface area contributed by atoms with E-state index in [2.05, 4.69) is 5.32 Å². The number of halogens is 1. The predicted molar refractivity (Wildman–Crippen MR) is 52.8 cm³/mol. The van der Waals surface area contributed by atoms with Crippen molar-refractivity contribution in [2.45, 2.75) is 12.8 Å². The van der Waals surface area contributed by atoms with Crippen LogP contribution in [0.3, 0.4) is 0 Å². The fraction of sp³-hybridized carbons (Fsp3) is 0.222. The molecule has 1 aliphatic rings. The highest BCUT2D eigenvalue weighted by Gasteiger charge is 2.15. The Morgan fingerprint density at radius 1 is 1.38 bits per heavy atom. The fourth-order valence-corrected chi connectivity index (χ4v) is 1.60. The molecule has 0 saturated heterocycles. The number of nitrogens with two attached hydrogens (primary N) is 1. The summed E-state index contributed by atoms with van der Waals surface area (Å²) in [5, 5.41) is 3.30. The molecular formula is C9H9ClN2O. The second kappa shape index (κ2) is 2.92. The van der Waals surface area contributed by atoms with E-state index in [1.54, 1.807) is 6.07 Å². The maximum atomic E-state index is 11.0. The highest BCUT2D eigenvalue weighted by molar-refractivity contribution is 6.33. The van der Waals surface area contributed by atoms with Crippen molar-refractivity contribution in [2.24, 2.45) is 0 Å². The number of fused-ring (bicyclic) bond motifs is 1. The van der Waals surface area contributed by atoms with E-state index in [1.165, 1.54) is 0 Å². The summed E-state index contributed by atoms with van der Waals surface area (Å²) in [6.07, 6.45) is 1.26. The molecule has 2 rings (SSSR count). The van der Waals surface area contributed by atoms with Crippen molar-refractivity contribution in [1.29, 1.82) is 0 Å². The lowest BCUT2D eigenvalue weighted by Crippen LogP contribution is -2.19. The van der Waals surface area contributed by atoms with Crippen LogP contribution in [0.15, 0.2) is 12.1 Å². The third-order valence-corrected chi connectivity index (χ3v) is 2.45. The number of amides is 1. The lowest BCUT2D eigenvalue weighted by Gasteiger charge is -2.17. The van der Waals surface area contributed by atoms with Crippen LogP contribution in [0.25, 0.3) is 0 Å². The largest absolute Gasteiger partial charge is 0.397 e. The van der Waals surface area contributed by atoms with Crippen LogP contribution in [0, 0.1) is 0 Å². The van der Waals surface area contributed by atoms with Crippen LogP contribution in [-0.2, 0) is 11.2 Å².